The van der Waals surface area contributed by atoms with Gasteiger partial charge in [0.25, 0.3) is 0 Å². The van der Waals surface area contributed by atoms with Gasteiger partial charge in [-0.05, 0) is 290 Å². The monoisotopic (exact) mass is 1680 g/mol. The van der Waals surface area contributed by atoms with Crippen molar-refractivity contribution >= 4 is 99.3 Å². The molecule has 0 aliphatic rings. The van der Waals surface area contributed by atoms with Crippen LogP contribution in [-0.2, 0) is 0 Å². The van der Waals surface area contributed by atoms with Crippen LogP contribution in [0.1, 0.15) is 0 Å². The molecule has 0 bridgehead atoms. The molecule has 24 rings (SSSR count). The molecule has 0 radical (unpaired) electrons. The molecule has 0 atom stereocenters. The zero-order valence-corrected chi connectivity index (χ0v) is 72.4. The smallest absolute Gasteiger partial charge is 0.0547 e. The van der Waals surface area contributed by atoms with E-state index in [0.29, 0.717) is 0 Å². The largest absolute Gasteiger partial charge is 0.310 e. The summed E-state index contributed by atoms with van der Waals surface area (Å²) in [5.41, 5.74) is 38.8. The molecule has 22 aromatic carbocycles. The van der Waals surface area contributed by atoms with E-state index < -0.39 is 0 Å². The van der Waals surface area contributed by atoms with Gasteiger partial charge in [-0.25, -0.2) is 0 Å². The van der Waals surface area contributed by atoms with Crippen LogP contribution >= 0.6 is 0 Å². The van der Waals surface area contributed by atoms with E-state index in [4.69, 9.17) is 0 Å². The predicted octanol–water partition coefficient (Wildman–Crippen LogP) is 35.5. The van der Waals surface area contributed by atoms with Crippen LogP contribution in [0.2, 0.25) is 0 Å². The maximum absolute atomic E-state index is 2.45. The van der Waals surface area contributed by atoms with Gasteiger partial charge in [-0.1, -0.05) is 370 Å². The molecule has 618 valence electrons. The van der Waals surface area contributed by atoms with Gasteiger partial charge in [0.15, 0.2) is 0 Å². The first-order chi connectivity index (χ1) is 65.4. The highest BCUT2D eigenvalue weighted by atomic mass is 15.1. The van der Waals surface area contributed by atoms with Gasteiger partial charge in [0, 0.05) is 66.9 Å². The zero-order chi connectivity index (χ0) is 87.4. The number of anilines is 6. The summed E-state index contributed by atoms with van der Waals surface area (Å²) in [6, 6.07) is 192. The summed E-state index contributed by atoms with van der Waals surface area (Å²) >= 11 is 0. The summed E-state index contributed by atoms with van der Waals surface area (Å²) in [7, 11) is 0. The topological polar surface area (TPSA) is 16.3 Å². The van der Waals surface area contributed by atoms with Gasteiger partial charge < -0.3 is 18.9 Å². The fraction of sp³-hybridized carbons (Fsp3) is 0. The van der Waals surface area contributed by atoms with E-state index in [1.54, 1.807) is 0 Å². The molecule has 0 fully saturated rings. The molecular formula is C128H86N4. The second kappa shape index (κ2) is 33.7. The Hall–Kier alpha value is -17.4. The molecule has 4 heteroatoms. The minimum absolute atomic E-state index is 1.05. The lowest BCUT2D eigenvalue weighted by atomic mass is 9.92. The Labute approximate surface area is 768 Å². The number of nitrogens with zero attached hydrogens (tertiary/aromatic N) is 4. The van der Waals surface area contributed by atoms with Crippen LogP contribution in [0.25, 0.3) is 199 Å². The Bertz CT molecular complexity index is 8400. The third-order valence-corrected chi connectivity index (χ3v) is 26.4. The lowest BCUT2D eigenvalue weighted by Gasteiger charge is -2.28. The third kappa shape index (κ3) is 14.6. The van der Waals surface area contributed by atoms with Crippen molar-refractivity contribution in [3.63, 3.8) is 0 Å². The van der Waals surface area contributed by atoms with Crippen LogP contribution in [0.5, 0.6) is 0 Å². The van der Waals surface area contributed by atoms with Crippen LogP contribution in [-0.4, -0.2) is 9.13 Å². The molecule has 0 saturated carbocycles. The van der Waals surface area contributed by atoms with Crippen molar-refractivity contribution in [1.29, 1.82) is 0 Å². The van der Waals surface area contributed by atoms with Gasteiger partial charge in [-0.15, -0.1) is 0 Å². The van der Waals surface area contributed by atoms with E-state index in [1.807, 2.05) is 0 Å². The van der Waals surface area contributed by atoms with E-state index in [1.165, 1.54) is 93.1 Å². The average Bonchev–Trinajstić information content (AvgIpc) is 1.57. The van der Waals surface area contributed by atoms with E-state index in [2.05, 4.69) is 541 Å². The van der Waals surface area contributed by atoms with E-state index in [9.17, 15) is 0 Å². The highest BCUT2D eigenvalue weighted by molar-refractivity contribution is 6.21. The van der Waals surface area contributed by atoms with E-state index in [-0.39, 0.29) is 0 Å². The minimum Gasteiger partial charge on any atom is -0.310 e. The predicted molar refractivity (Wildman–Crippen MR) is 559 cm³/mol. The van der Waals surface area contributed by atoms with Gasteiger partial charge in [-0.3, -0.25) is 0 Å². The Kier molecular flexibility index (Phi) is 19.9. The molecule has 24 aromatic rings. The van der Waals surface area contributed by atoms with Crippen LogP contribution < -0.4 is 9.80 Å². The average molecular weight is 1680 g/mol. The van der Waals surface area contributed by atoms with Crippen LogP contribution in [0.15, 0.2) is 522 Å². The second-order valence-electron chi connectivity index (χ2n) is 34.3. The summed E-state index contributed by atoms with van der Waals surface area (Å²) in [6.45, 7) is 0. The number of aromatic nitrogens is 2. The highest BCUT2D eigenvalue weighted by Gasteiger charge is 2.25. The van der Waals surface area contributed by atoms with Crippen LogP contribution in [0.4, 0.5) is 34.1 Å². The lowest BCUT2D eigenvalue weighted by Crippen LogP contribution is -2.11. The molecule has 2 heterocycles. The second-order valence-corrected chi connectivity index (χ2v) is 34.3. The molecule has 0 amide bonds. The Morgan fingerprint density at radius 3 is 0.856 bits per heavy atom. The van der Waals surface area contributed by atoms with Crippen LogP contribution in [0, 0.1) is 0 Å². The molecule has 0 N–H and O–H groups in total. The molecular weight excluding hydrogens is 1590 g/mol. The molecule has 2 aromatic heterocycles. The van der Waals surface area contributed by atoms with Crippen molar-refractivity contribution in [2.24, 2.45) is 0 Å². The van der Waals surface area contributed by atoms with Gasteiger partial charge in [0.2, 0.25) is 0 Å². The quantitative estimate of drug-likeness (QED) is 0.0802. The standard InChI is InChI=1S/C128H86N4/c1-7-27-87(28-8-1)90-51-55-92(56-52-90)94-65-71-112(72-66-94)129(115-43-23-37-104(81-115)118-46-25-49-123-127(118)120-83-100-35-19-20-36-101(100)85-125(120)131(123)110-39-15-5-16-40-110)113-73-69-98(70-74-113)108-79-106(89-31-11-3-12-32-89)78-107(80-108)97-61-59-96(60-62-97)102-63-64-103-86-126-121(84-109(103)77-102)128-119(47-26-50-124(128)132(126)111-41-17-6-18-42-111)105-38-24-44-116(82-105)130(122-48-22-21-45-117(122)99-33-13-4-14-34-99)114-75-67-95(68-76-114)93-57-53-91(54-58-93)88-29-9-2-10-30-88/h1-86H. The number of hydrogen-bond donors (Lipinski definition) is 0. The summed E-state index contributed by atoms with van der Waals surface area (Å²) in [4.78, 5) is 4.84. The Balaban J connectivity index is 0.575. The van der Waals surface area contributed by atoms with Gasteiger partial charge >= 0.3 is 0 Å². The highest BCUT2D eigenvalue weighted by Crippen LogP contribution is 2.49. The fourth-order valence-corrected chi connectivity index (χ4v) is 20.0. The van der Waals surface area contributed by atoms with Crippen molar-refractivity contribution in [3.8, 4) is 134 Å². The molecule has 0 spiro atoms. The zero-order valence-electron chi connectivity index (χ0n) is 72.4. The summed E-state index contributed by atoms with van der Waals surface area (Å²) in [6.07, 6.45) is 0. The molecule has 0 aliphatic heterocycles. The summed E-state index contributed by atoms with van der Waals surface area (Å²) < 4.78 is 4.89. The maximum atomic E-state index is 2.45. The van der Waals surface area contributed by atoms with Crippen molar-refractivity contribution < 1.29 is 0 Å². The van der Waals surface area contributed by atoms with Gasteiger partial charge in [0.1, 0.15) is 0 Å². The molecule has 0 saturated heterocycles. The van der Waals surface area contributed by atoms with Crippen molar-refractivity contribution in [2.75, 3.05) is 9.80 Å². The first kappa shape index (κ1) is 78.1. The minimum atomic E-state index is 1.05. The number of rotatable bonds is 19. The van der Waals surface area contributed by atoms with Gasteiger partial charge in [-0.2, -0.15) is 0 Å². The van der Waals surface area contributed by atoms with E-state index in [0.717, 1.165) is 140 Å². The van der Waals surface area contributed by atoms with Crippen molar-refractivity contribution in [2.45, 2.75) is 0 Å². The summed E-state index contributed by atoms with van der Waals surface area (Å²) in [5, 5.41) is 9.62. The SMILES string of the molecule is c1ccc(-c2ccc(-c3ccc(N(c4ccc(-c5cc(-c6ccccc6)cc(-c6ccc(-c7ccc8cc9c(cc8c7)c7c(-c8cccc(N(c%10ccc(-c%11ccc(-c%12ccccc%12)cc%11)cc%10)c%10ccccc%10-c%10ccccc%10)c8)cccc7n9-c7ccccc7)cc6)c5)cc4)c4cccc(-c5cccc6c5c5cc7ccccc7cc5n6-c5ccccc5)c4)cc3)cc2)cc1. The number of benzene rings is 22. The number of hydrogen-bond acceptors (Lipinski definition) is 2. The molecule has 4 nitrogen and oxygen atoms in total. The normalized spacial score (nSPS) is 11.5. The third-order valence-electron chi connectivity index (χ3n) is 26.4. The maximum Gasteiger partial charge on any atom is 0.0547 e. The Morgan fingerprint density at radius 1 is 0.136 bits per heavy atom. The Morgan fingerprint density at radius 2 is 0.424 bits per heavy atom. The first-order valence-electron chi connectivity index (χ1n) is 45.4. The van der Waals surface area contributed by atoms with Gasteiger partial charge in [0.05, 0.1) is 27.8 Å². The number of para-hydroxylation sites is 3. The van der Waals surface area contributed by atoms with Crippen molar-refractivity contribution in [3.05, 3.63) is 522 Å². The number of fused-ring (bicyclic) bond motifs is 8. The van der Waals surface area contributed by atoms with Crippen LogP contribution in [0.3, 0.4) is 0 Å². The first-order valence-corrected chi connectivity index (χ1v) is 45.4. The molecule has 0 unspecified atom stereocenters. The summed E-state index contributed by atoms with van der Waals surface area (Å²) in [5.74, 6) is 0. The lowest BCUT2D eigenvalue weighted by molar-refractivity contribution is 1.18. The molecule has 132 heavy (non-hydrogen) atoms. The van der Waals surface area contributed by atoms with E-state index >= 15 is 0 Å². The fourth-order valence-electron chi connectivity index (χ4n) is 20.0. The van der Waals surface area contributed by atoms with Crippen molar-refractivity contribution in [1.82, 2.24) is 9.13 Å². The molecule has 0 aliphatic carbocycles.